The van der Waals surface area contributed by atoms with E-state index in [0.29, 0.717) is 11.0 Å². The van der Waals surface area contributed by atoms with Crippen LogP contribution in [-0.4, -0.2) is 54.7 Å². The minimum atomic E-state index is -4.51. The van der Waals surface area contributed by atoms with E-state index in [1.807, 2.05) is 0 Å². The van der Waals surface area contributed by atoms with E-state index in [-0.39, 0.29) is 29.1 Å². The van der Waals surface area contributed by atoms with E-state index in [1.165, 1.54) is 24.5 Å². The highest BCUT2D eigenvalue weighted by atomic mass is 19.4. The Morgan fingerprint density at radius 3 is 2.67 bits per heavy atom. The van der Waals surface area contributed by atoms with Crippen LogP contribution in [0, 0.1) is 0 Å². The standard InChI is InChI=1S/C21H18F3N5O4/c22-21(23,24)13-3-5-26-14-7-10(1-2-11(13)14)32-8-15-16(30)17(31)20(33-15)29-6-4-12-18(25)27-9-28-19(12)29/h1-7,9,15-17,20,30-31H,8H2,(H2,25,27,28)/t15-,16-,17-,20-/m1/s1. The molecule has 1 aliphatic heterocycles. The molecule has 33 heavy (non-hydrogen) atoms. The zero-order chi connectivity index (χ0) is 23.3. The molecule has 0 amide bonds. The number of aromatic nitrogens is 4. The van der Waals surface area contributed by atoms with Gasteiger partial charge in [0.15, 0.2) is 6.23 Å². The molecule has 4 heterocycles. The molecule has 0 radical (unpaired) electrons. The highest BCUT2D eigenvalue weighted by Crippen LogP contribution is 2.36. The lowest BCUT2D eigenvalue weighted by Crippen LogP contribution is -2.34. The maximum absolute atomic E-state index is 13.2. The van der Waals surface area contributed by atoms with Crippen molar-refractivity contribution in [2.45, 2.75) is 30.7 Å². The van der Waals surface area contributed by atoms with E-state index >= 15 is 0 Å². The maximum Gasteiger partial charge on any atom is 0.417 e. The number of nitrogens with two attached hydrogens (primary N) is 1. The van der Waals surface area contributed by atoms with Crippen LogP contribution < -0.4 is 10.5 Å². The lowest BCUT2D eigenvalue weighted by atomic mass is 10.1. The molecule has 1 saturated heterocycles. The third kappa shape index (κ3) is 3.71. The van der Waals surface area contributed by atoms with Gasteiger partial charge in [-0.3, -0.25) is 4.98 Å². The van der Waals surface area contributed by atoms with Crippen LogP contribution in [0.2, 0.25) is 0 Å². The van der Waals surface area contributed by atoms with E-state index < -0.39 is 36.3 Å². The Labute approximate surface area is 184 Å². The van der Waals surface area contributed by atoms with E-state index in [1.54, 1.807) is 16.8 Å². The molecule has 5 rings (SSSR count). The van der Waals surface area contributed by atoms with Crippen LogP contribution in [0.4, 0.5) is 19.0 Å². The number of nitrogen functional groups attached to an aromatic ring is 1. The Balaban J connectivity index is 1.34. The van der Waals surface area contributed by atoms with Crippen molar-refractivity contribution in [3.8, 4) is 5.75 Å². The molecule has 4 atom stereocenters. The third-order valence-electron chi connectivity index (χ3n) is 5.59. The lowest BCUT2D eigenvalue weighted by molar-refractivity contribution is -0.136. The summed E-state index contributed by atoms with van der Waals surface area (Å²) in [4.78, 5) is 12.0. The number of benzene rings is 1. The van der Waals surface area contributed by atoms with Gasteiger partial charge in [-0.2, -0.15) is 13.2 Å². The van der Waals surface area contributed by atoms with Gasteiger partial charge in [0, 0.05) is 23.8 Å². The number of anilines is 1. The molecule has 0 spiro atoms. The summed E-state index contributed by atoms with van der Waals surface area (Å²) < 4.78 is 52.5. The maximum atomic E-state index is 13.2. The zero-order valence-corrected chi connectivity index (χ0v) is 16.8. The summed E-state index contributed by atoms with van der Waals surface area (Å²) in [5, 5.41) is 21.5. The van der Waals surface area contributed by atoms with Gasteiger partial charge in [-0.05, 0) is 24.3 Å². The number of pyridine rings is 1. The van der Waals surface area contributed by atoms with Gasteiger partial charge in [0.25, 0.3) is 0 Å². The fourth-order valence-electron chi connectivity index (χ4n) is 3.94. The number of aliphatic hydroxyl groups excluding tert-OH is 2. The average Bonchev–Trinajstić information content (AvgIpc) is 3.33. The minimum absolute atomic E-state index is 0.0502. The molecule has 0 unspecified atom stereocenters. The normalized spacial score (nSPS) is 23.4. The quantitative estimate of drug-likeness (QED) is 0.422. The largest absolute Gasteiger partial charge is 0.491 e. The van der Waals surface area contributed by atoms with Crippen molar-refractivity contribution < 1.29 is 32.9 Å². The Hall–Kier alpha value is -3.48. The molecule has 1 fully saturated rings. The van der Waals surface area contributed by atoms with Crippen molar-refractivity contribution in [1.29, 1.82) is 0 Å². The van der Waals surface area contributed by atoms with Crippen molar-refractivity contribution in [3.05, 3.63) is 54.6 Å². The molecular weight excluding hydrogens is 443 g/mol. The smallest absolute Gasteiger partial charge is 0.417 e. The first kappa shape index (κ1) is 21.4. The Bertz CT molecular complexity index is 1330. The molecular formula is C21H18F3N5O4. The van der Waals surface area contributed by atoms with E-state index in [0.717, 1.165) is 12.3 Å². The second kappa shape index (κ2) is 7.83. The van der Waals surface area contributed by atoms with Crippen molar-refractivity contribution in [2.24, 2.45) is 0 Å². The molecule has 172 valence electrons. The van der Waals surface area contributed by atoms with E-state index in [4.69, 9.17) is 15.2 Å². The summed E-state index contributed by atoms with van der Waals surface area (Å²) in [6, 6.07) is 6.62. The number of hydrogen-bond donors (Lipinski definition) is 3. The number of alkyl halides is 3. The molecule has 0 saturated carbocycles. The van der Waals surface area contributed by atoms with Gasteiger partial charge >= 0.3 is 6.18 Å². The highest BCUT2D eigenvalue weighted by molar-refractivity contribution is 5.86. The van der Waals surface area contributed by atoms with E-state index in [2.05, 4.69) is 15.0 Å². The molecule has 1 aliphatic rings. The molecule has 12 heteroatoms. The Morgan fingerprint density at radius 1 is 1.06 bits per heavy atom. The van der Waals surface area contributed by atoms with Crippen LogP contribution in [-0.2, 0) is 10.9 Å². The summed E-state index contributed by atoms with van der Waals surface area (Å²) in [7, 11) is 0. The number of aliphatic hydroxyl groups is 2. The third-order valence-corrected chi connectivity index (χ3v) is 5.59. The van der Waals surface area contributed by atoms with Crippen LogP contribution in [0.25, 0.3) is 21.9 Å². The van der Waals surface area contributed by atoms with Gasteiger partial charge < -0.3 is 30.0 Å². The van der Waals surface area contributed by atoms with Crippen molar-refractivity contribution in [1.82, 2.24) is 19.5 Å². The van der Waals surface area contributed by atoms with Gasteiger partial charge in [0.1, 0.15) is 48.5 Å². The number of halogens is 3. The molecule has 1 aromatic carbocycles. The summed E-state index contributed by atoms with van der Waals surface area (Å²) >= 11 is 0. The number of rotatable bonds is 4. The summed E-state index contributed by atoms with van der Waals surface area (Å²) in [5.74, 6) is 0.514. The van der Waals surface area contributed by atoms with Crippen LogP contribution in [0.3, 0.4) is 0 Å². The summed E-state index contributed by atoms with van der Waals surface area (Å²) in [5.41, 5.74) is 5.60. The Kier molecular flexibility index (Phi) is 5.07. The van der Waals surface area contributed by atoms with Crippen molar-refractivity contribution >= 4 is 27.8 Å². The first-order chi connectivity index (χ1) is 15.7. The molecule has 0 aliphatic carbocycles. The predicted molar refractivity (Wildman–Crippen MR) is 110 cm³/mol. The number of ether oxygens (including phenoxy) is 2. The molecule has 0 bridgehead atoms. The number of hydrogen-bond acceptors (Lipinski definition) is 8. The van der Waals surface area contributed by atoms with Crippen molar-refractivity contribution in [3.63, 3.8) is 0 Å². The highest BCUT2D eigenvalue weighted by Gasteiger charge is 2.44. The van der Waals surface area contributed by atoms with Gasteiger partial charge in [-0.15, -0.1) is 0 Å². The number of fused-ring (bicyclic) bond motifs is 2. The number of nitrogens with zero attached hydrogens (tertiary/aromatic N) is 4. The van der Waals surface area contributed by atoms with Gasteiger partial charge in [0.05, 0.1) is 16.5 Å². The molecule has 9 nitrogen and oxygen atoms in total. The summed E-state index contributed by atoms with van der Waals surface area (Å²) in [6.45, 7) is -0.157. The van der Waals surface area contributed by atoms with E-state index in [9.17, 15) is 23.4 Å². The SMILES string of the molecule is Nc1ncnc2c1ccn2[C@@H]1O[C@H](COc2ccc3c(C(F)(F)F)ccnc3c2)[C@@H](O)[C@H]1O. The van der Waals surface area contributed by atoms with Crippen LogP contribution in [0.5, 0.6) is 5.75 Å². The van der Waals surface area contributed by atoms with Crippen LogP contribution >= 0.6 is 0 Å². The minimum Gasteiger partial charge on any atom is -0.491 e. The molecule has 4 aromatic rings. The second-order valence-corrected chi connectivity index (χ2v) is 7.61. The van der Waals surface area contributed by atoms with Gasteiger partial charge in [-0.1, -0.05) is 0 Å². The second-order valence-electron chi connectivity index (χ2n) is 7.61. The predicted octanol–water partition coefficient (Wildman–Crippen LogP) is 2.28. The fourth-order valence-corrected chi connectivity index (χ4v) is 3.94. The monoisotopic (exact) mass is 461 g/mol. The van der Waals surface area contributed by atoms with Gasteiger partial charge in [-0.25, -0.2) is 9.97 Å². The topological polar surface area (TPSA) is 129 Å². The zero-order valence-electron chi connectivity index (χ0n) is 16.8. The average molecular weight is 461 g/mol. The van der Waals surface area contributed by atoms with Crippen LogP contribution in [0.15, 0.2) is 49.1 Å². The Morgan fingerprint density at radius 2 is 1.88 bits per heavy atom. The molecule has 4 N–H and O–H groups in total. The lowest BCUT2D eigenvalue weighted by Gasteiger charge is -2.17. The first-order valence-corrected chi connectivity index (χ1v) is 9.91. The summed E-state index contributed by atoms with van der Waals surface area (Å²) in [6.07, 6.45) is -4.94. The first-order valence-electron chi connectivity index (χ1n) is 9.91. The van der Waals surface area contributed by atoms with Gasteiger partial charge in [0.2, 0.25) is 0 Å². The van der Waals surface area contributed by atoms with Crippen molar-refractivity contribution in [2.75, 3.05) is 12.3 Å². The van der Waals surface area contributed by atoms with Crippen LogP contribution in [0.1, 0.15) is 11.8 Å². The fraction of sp³-hybridized carbons (Fsp3) is 0.286. The molecule has 3 aromatic heterocycles.